The van der Waals surface area contributed by atoms with Crippen LogP contribution in [0.4, 0.5) is 10.5 Å². The zero-order valence-corrected chi connectivity index (χ0v) is 15.9. The summed E-state index contributed by atoms with van der Waals surface area (Å²) in [5.41, 5.74) is 1.10. The summed E-state index contributed by atoms with van der Waals surface area (Å²) in [6, 6.07) is 7.26. The van der Waals surface area contributed by atoms with Crippen LogP contribution in [0.1, 0.15) is 6.92 Å². The summed E-state index contributed by atoms with van der Waals surface area (Å²) in [7, 11) is 0. The van der Waals surface area contributed by atoms with Crippen molar-refractivity contribution in [2.45, 2.75) is 6.92 Å². The van der Waals surface area contributed by atoms with Crippen LogP contribution in [-0.4, -0.2) is 92.4 Å². The van der Waals surface area contributed by atoms with E-state index in [1.54, 1.807) is 24.0 Å². The van der Waals surface area contributed by atoms with Crippen LogP contribution in [0.15, 0.2) is 24.3 Å². The number of rotatable bonds is 4. The Morgan fingerprint density at radius 1 is 1.00 bits per heavy atom. The first kappa shape index (κ1) is 19.3. The summed E-state index contributed by atoms with van der Waals surface area (Å²) in [6.45, 7) is 8.50. The van der Waals surface area contributed by atoms with E-state index in [0.717, 1.165) is 31.9 Å². The van der Waals surface area contributed by atoms with E-state index >= 15 is 0 Å². The molecule has 2 heterocycles. The molecule has 0 atom stereocenters. The highest BCUT2D eigenvalue weighted by Gasteiger charge is 2.28. The van der Waals surface area contributed by atoms with Crippen LogP contribution in [0.3, 0.4) is 0 Å². The smallest absolute Gasteiger partial charge is 0.409 e. The van der Waals surface area contributed by atoms with E-state index < -0.39 is 0 Å². The molecule has 1 aromatic carbocycles. The van der Waals surface area contributed by atoms with Crippen molar-refractivity contribution in [1.29, 1.82) is 0 Å². The summed E-state index contributed by atoms with van der Waals surface area (Å²) in [6.07, 6.45) is -0.291. The number of amides is 2. The van der Waals surface area contributed by atoms with Crippen molar-refractivity contribution in [3.05, 3.63) is 24.3 Å². The van der Waals surface area contributed by atoms with Gasteiger partial charge in [-0.1, -0.05) is 0 Å². The zero-order chi connectivity index (χ0) is 19.2. The lowest BCUT2D eigenvalue weighted by molar-refractivity contribution is -0.892. The second-order valence-electron chi connectivity index (χ2n) is 7.00. The van der Waals surface area contributed by atoms with Crippen LogP contribution >= 0.6 is 0 Å². The van der Waals surface area contributed by atoms with Crippen molar-refractivity contribution >= 4 is 17.7 Å². The van der Waals surface area contributed by atoms with Gasteiger partial charge in [0.2, 0.25) is 0 Å². The molecule has 0 aliphatic carbocycles. The number of quaternary nitrogens is 1. The van der Waals surface area contributed by atoms with Gasteiger partial charge in [-0.3, -0.25) is 4.79 Å². The SMILES string of the molecule is CCOC(=O)N1CCN(C(=O)C[NH+]2CCN(c3ccc(O)cc3)CC2)CC1. The third kappa shape index (κ3) is 5.03. The van der Waals surface area contributed by atoms with Gasteiger partial charge in [-0.25, -0.2) is 4.79 Å². The minimum atomic E-state index is -0.291. The fraction of sp³-hybridized carbons (Fsp3) is 0.579. The van der Waals surface area contributed by atoms with Crippen LogP contribution in [0.25, 0.3) is 0 Å². The number of anilines is 1. The van der Waals surface area contributed by atoms with Gasteiger partial charge in [0.1, 0.15) is 5.75 Å². The van der Waals surface area contributed by atoms with Crippen molar-refractivity contribution in [2.75, 3.05) is 70.4 Å². The average Bonchev–Trinajstić information content (AvgIpc) is 2.69. The molecule has 0 saturated carbocycles. The van der Waals surface area contributed by atoms with Crippen molar-refractivity contribution in [3.8, 4) is 5.75 Å². The minimum absolute atomic E-state index is 0.159. The van der Waals surface area contributed by atoms with E-state index in [1.165, 1.54) is 4.90 Å². The Kier molecular flexibility index (Phi) is 6.39. The van der Waals surface area contributed by atoms with Crippen LogP contribution in [0, 0.1) is 0 Å². The normalized spacial score (nSPS) is 18.5. The molecule has 2 fully saturated rings. The van der Waals surface area contributed by atoms with Gasteiger partial charge in [0.05, 0.1) is 32.8 Å². The Balaban J connectivity index is 1.41. The Morgan fingerprint density at radius 3 is 2.19 bits per heavy atom. The lowest BCUT2D eigenvalue weighted by Crippen LogP contribution is -3.16. The van der Waals surface area contributed by atoms with E-state index in [0.29, 0.717) is 39.3 Å². The second-order valence-corrected chi connectivity index (χ2v) is 7.00. The fourth-order valence-electron chi connectivity index (χ4n) is 3.60. The molecule has 1 aromatic rings. The van der Waals surface area contributed by atoms with E-state index in [-0.39, 0.29) is 17.7 Å². The lowest BCUT2D eigenvalue weighted by Gasteiger charge is -2.36. The highest BCUT2D eigenvalue weighted by Crippen LogP contribution is 2.18. The third-order valence-electron chi connectivity index (χ3n) is 5.25. The van der Waals surface area contributed by atoms with Gasteiger partial charge in [0.15, 0.2) is 6.54 Å². The molecule has 8 heteroatoms. The molecule has 2 N–H and O–H groups in total. The monoisotopic (exact) mass is 377 g/mol. The topological polar surface area (TPSA) is 77.8 Å². The van der Waals surface area contributed by atoms with Crippen molar-refractivity contribution in [2.24, 2.45) is 0 Å². The quantitative estimate of drug-likeness (QED) is 0.733. The number of carbonyl (C=O) groups is 2. The van der Waals surface area contributed by atoms with Gasteiger partial charge in [-0.15, -0.1) is 0 Å². The van der Waals surface area contributed by atoms with Crippen LogP contribution < -0.4 is 9.80 Å². The van der Waals surface area contributed by atoms with Gasteiger partial charge in [0.25, 0.3) is 5.91 Å². The standard InChI is InChI=1S/C19H28N4O4/c1-2-27-19(26)23-13-11-22(12-14-23)18(25)15-20-7-9-21(10-8-20)16-3-5-17(24)6-4-16/h3-6,24H,2,7-15H2,1H3/p+1. The van der Waals surface area contributed by atoms with E-state index in [2.05, 4.69) is 4.90 Å². The zero-order valence-electron chi connectivity index (χ0n) is 15.9. The molecule has 148 valence electrons. The van der Waals surface area contributed by atoms with E-state index in [9.17, 15) is 14.7 Å². The predicted octanol–water partition coefficient (Wildman–Crippen LogP) is -0.602. The molecule has 2 aliphatic heterocycles. The molecule has 0 aromatic heterocycles. The lowest BCUT2D eigenvalue weighted by atomic mass is 10.2. The number of hydrogen-bond donors (Lipinski definition) is 2. The Hall–Kier alpha value is -2.48. The number of nitrogens with zero attached hydrogens (tertiary/aromatic N) is 3. The van der Waals surface area contributed by atoms with Crippen molar-refractivity contribution < 1.29 is 24.3 Å². The first-order valence-corrected chi connectivity index (χ1v) is 9.64. The number of phenols is 1. The Morgan fingerprint density at radius 2 is 1.59 bits per heavy atom. The predicted molar refractivity (Wildman–Crippen MR) is 101 cm³/mol. The first-order valence-electron chi connectivity index (χ1n) is 9.64. The van der Waals surface area contributed by atoms with Gasteiger partial charge >= 0.3 is 6.09 Å². The fourth-order valence-corrected chi connectivity index (χ4v) is 3.60. The van der Waals surface area contributed by atoms with Gasteiger partial charge in [-0.2, -0.15) is 0 Å². The molecule has 3 rings (SSSR count). The van der Waals surface area contributed by atoms with Gasteiger partial charge in [0, 0.05) is 31.9 Å². The van der Waals surface area contributed by atoms with Gasteiger partial charge in [-0.05, 0) is 31.2 Å². The molecule has 2 saturated heterocycles. The summed E-state index contributed by atoms with van der Waals surface area (Å²) in [5.74, 6) is 0.434. The number of piperazine rings is 2. The molecule has 27 heavy (non-hydrogen) atoms. The number of ether oxygens (including phenoxy) is 1. The van der Waals surface area contributed by atoms with Gasteiger partial charge < -0.3 is 29.4 Å². The maximum absolute atomic E-state index is 12.6. The Bertz CT molecular complexity index is 636. The maximum Gasteiger partial charge on any atom is 0.409 e. The summed E-state index contributed by atoms with van der Waals surface area (Å²) < 4.78 is 5.01. The van der Waals surface area contributed by atoms with E-state index in [4.69, 9.17) is 4.74 Å². The third-order valence-corrected chi connectivity index (χ3v) is 5.25. The van der Waals surface area contributed by atoms with Crippen LogP contribution in [0.2, 0.25) is 0 Å². The Labute approximate surface area is 159 Å². The van der Waals surface area contributed by atoms with Crippen LogP contribution in [0.5, 0.6) is 5.75 Å². The maximum atomic E-state index is 12.6. The molecule has 0 bridgehead atoms. The number of benzene rings is 1. The molecule has 2 amide bonds. The highest BCUT2D eigenvalue weighted by molar-refractivity contribution is 5.77. The number of phenolic OH excluding ortho intramolecular Hbond substituents is 1. The summed E-state index contributed by atoms with van der Waals surface area (Å²) in [4.78, 5) is 31.4. The average molecular weight is 377 g/mol. The number of carbonyl (C=O) groups excluding carboxylic acids is 2. The number of nitrogens with one attached hydrogen (secondary N) is 1. The molecule has 8 nitrogen and oxygen atoms in total. The number of aromatic hydroxyl groups is 1. The summed E-state index contributed by atoms with van der Waals surface area (Å²) in [5, 5.41) is 9.40. The molecule has 0 unspecified atom stereocenters. The molecular weight excluding hydrogens is 348 g/mol. The molecular formula is C19H29N4O4+. The largest absolute Gasteiger partial charge is 0.508 e. The molecule has 0 spiro atoms. The first-order chi connectivity index (χ1) is 13.1. The molecule has 0 radical (unpaired) electrons. The second kappa shape index (κ2) is 8.94. The van der Waals surface area contributed by atoms with Crippen molar-refractivity contribution in [1.82, 2.24) is 9.80 Å². The number of hydrogen-bond acceptors (Lipinski definition) is 5. The van der Waals surface area contributed by atoms with E-state index in [1.807, 2.05) is 17.0 Å². The highest BCUT2D eigenvalue weighted by atomic mass is 16.6. The van der Waals surface area contributed by atoms with Crippen LogP contribution in [-0.2, 0) is 9.53 Å². The summed E-state index contributed by atoms with van der Waals surface area (Å²) >= 11 is 0. The minimum Gasteiger partial charge on any atom is -0.508 e. The van der Waals surface area contributed by atoms with Crippen molar-refractivity contribution in [3.63, 3.8) is 0 Å². The molecule has 2 aliphatic rings.